The minimum Gasteiger partial charge on any atom is -0.424 e. The Morgan fingerprint density at radius 2 is 2.04 bits per heavy atom. The van der Waals surface area contributed by atoms with E-state index in [0.717, 1.165) is 30.1 Å². The summed E-state index contributed by atoms with van der Waals surface area (Å²) in [5.74, 6) is 1.87. The molecular weight excluding hydrogens is 292 g/mol. The van der Waals surface area contributed by atoms with Gasteiger partial charge in [-0.15, -0.1) is 15.3 Å². The second-order valence-corrected chi connectivity index (χ2v) is 5.83. The van der Waals surface area contributed by atoms with Crippen molar-refractivity contribution in [1.29, 1.82) is 0 Å². The van der Waals surface area contributed by atoms with E-state index in [-0.39, 0.29) is 6.04 Å². The van der Waals surface area contributed by atoms with Crippen molar-refractivity contribution in [2.45, 2.75) is 38.3 Å². The second-order valence-electron chi connectivity index (χ2n) is 5.83. The van der Waals surface area contributed by atoms with Gasteiger partial charge in [0.1, 0.15) is 0 Å². The van der Waals surface area contributed by atoms with Crippen molar-refractivity contribution in [3.05, 3.63) is 54.0 Å². The van der Waals surface area contributed by atoms with Crippen LogP contribution in [0, 0.1) is 0 Å². The number of hydrogen-bond acceptors (Lipinski definition) is 6. The molecule has 1 fully saturated rings. The second kappa shape index (κ2) is 5.92. The lowest BCUT2D eigenvalue weighted by Crippen LogP contribution is -2.18. The molecule has 1 saturated carbocycles. The summed E-state index contributed by atoms with van der Waals surface area (Å²) in [4.78, 5) is 0. The molecule has 0 aliphatic heterocycles. The largest absolute Gasteiger partial charge is 0.424 e. The van der Waals surface area contributed by atoms with Gasteiger partial charge in [0.05, 0.1) is 30.2 Å². The van der Waals surface area contributed by atoms with Gasteiger partial charge in [0.2, 0.25) is 11.8 Å². The van der Waals surface area contributed by atoms with Crippen LogP contribution in [0.25, 0.3) is 5.69 Å². The smallest absolute Gasteiger partial charge is 0.230 e. The van der Waals surface area contributed by atoms with Gasteiger partial charge >= 0.3 is 0 Å². The van der Waals surface area contributed by atoms with Crippen LogP contribution in [0.1, 0.15) is 49.2 Å². The van der Waals surface area contributed by atoms with Crippen LogP contribution in [0.3, 0.4) is 0 Å². The first kappa shape index (κ1) is 14.1. The Balaban J connectivity index is 1.38. The SMILES string of the molecule is CC(NCc1nnc(C2CC2)o1)c1cn(-c2ccccc2)nn1. The first-order valence-corrected chi connectivity index (χ1v) is 7.83. The van der Waals surface area contributed by atoms with Crippen molar-refractivity contribution in [3.63, 3.8) is 0 Å². The molecule has 1 aromatic carbocycles. The third kappa shape index (κ3) is 3.14. The third-order valence-electron chi connectivity index (χ3n) is 3.94. The molecule has 0 radical (unpaired) electrons. The molecule has 3 aromatic rings. The molecule has 1 atom stereocenters. The fourth-order valence-electron chi connectivity index (χ4n) is 2.36. The maximum absolute atomic E-state index is 5.64. The molecule has 0 amide bonds. The Bertz CT molecular complexity index is 777. The third-order valence-corrected chi connectivity index (χ3v) is 3.94. The zero-order chi connectivity index (χ0) is 15.6. The van der Waals surface area contributed by atoms with E-state index < -0.39 is 0 Å². The molecule has 0 bridgehead atoms. The Kier molecular flexibility index (Phi) is 3.63. The summed E-state index contributed by atoms with van der Waals surface area (Å²) >= 11 is 0. The van der Waals surface area contributed by atoms with E-state index in [1.807, 2.05) is 43.5 Å². The number of aromatic nitrogens is 5. The summed E-state index contributed by atoms with van der Waals surface area (Å²) in [6, 6.07) is 9.97. The molecule has 2 heterocycles. The van der Waals surface area contributed by atoms with Crippen molar-refractivity contribution in [2.75, 3.05) is 0 Å². The Morgan fingerprint density at radius 1 is 1.22 bits per heavy atom. The molecule has 1 unspecified atom stereocenters. The first-order valence-electron chi connectivity index (χ1n) is 7.83. The number of hydrogen-bond donors (Lipinski definition) is 1. The van der Waals surface area contributed by atoms with Crippen molar-refractivity contribution in [1.82, 2.24) is 30.5 Å². The van der Waals surface area contributed by atoms with Crippen LogP contribution < -0.4 is 5.32 Å². The van der Waals surface area contributed by atoms with E-state index in [9.17, 15) is 0 Å². The normalized spacial score (nSPS) is 15.7. The minimum atomic E-state index is 0.0451. The zero-order valence-electron chi connectivity index (χ0n) is 12.9. The lowest BCUT2D eigenvalue weighted by molar-refractivity contribution is 0.418. The van der Waals surface area contributed by atoms with Crippen LogP contribution in [-0.2, 0) is 6.54 Å². The van der Waals surface area contributed by atoms with Crippen molar-refractivity contribution < 1.29 is 4.42 Å². The van der Waals surface area contributed by atoms with Gasteiger partial charge < -0.3 is 9.73 Å². The average Bonchev–Trinajstić information content (AvgIpc) is 3.14. The molecule has 7 heteroatoms. The van der Waals surface area contributed by atoms with Crippen LogP contribution in [0.4, 0.5) is 0 Å². The fourth-order valence-corrected chi connectivity index (χ4v) is 2.36. The van der Waals surface area contributed by atoms with E-state index in [1.54, 1.807) is 4.68 Å². The predicted molar refractivity (Wildman–Crippen MR) is 82.9 cm³/mol. The topological polar surface area (TPSA) is 81.7 Å². The molecule has 118 valence electrons. The van der Waals surface area contributed by atoms with Gasteiger partial charge in [0.25, 0.3) is 0 Å². The van der Waals surface area contributed by atoms with Crippen LogP contribution in [0.5, 0.6) is 0 Å². The molecule has 4 rings (SSSR count). The van der Waals surface area contributed by atoms with Gasteiger partial charge in [-0.1, -0.05) is 23.4 Å². The molecular formula is C16H18N6O. The maximum atomic E-state index is 5.64. The Morgan fingerprint density at radius 3 is 2.83 bits per heavy atom. The molecule has 7 nitrogen and oxygen atoms in total. The molecule has 1 N–H and O–H groups in total. The minimum absolute atomic E-state index is 0.0451. The summed E-state index contributed by atoms with van der Waals surface area (Å²) in [5.41, 5.74) is 1.86. The van der Waals surface area contributed by atoms with Gasteiger partial charge in [0, 0.05) is 5.92 Å². The quantitative estimate of drug-likeness (QED) is 0.753. The molecule has 2 aromatic heterocycles. The maximum Gasteiger partial charge on any atom is 0.230 e. The van der Waals surface area contributed by atoms with Crippen LogP contribution in [0.2, 0.25) is 0 Å². The zero-order valence-corrected chi connectivity index (χ0v) is 12.9. The van der Waals surface area contributed by atoms with E-state index in [1.165, 1.54) is 0 Å². The lowest BCUT2D eigenvalue weighted by Gasteiger charge is -2.08. The summed E-state index contributed by atoms with van der Waals surface area (Å²) < 4.78 is 7.41. The van der Waals surface area contributed by atoms with Crippen molar-refractivity contribution >= 4 is 0 Å². The number of para-hydroxylation sites is 1. The van der Waals surface area contributed by atoms with E-state index in [0.29, 0.717) is 18.4 Å². The van der Waals surface area contributed by atoms with E-state index >= 15 is 0 Å². The molecule has 1 aliphatic rings. The van der Waals surface area contributed by atoms with Crippen LogP contribution in [0.15, 0.2) is 40.9 Å². The number of nitrogens with zero attached hydrogens (tertiary/aromatic N) is 5. The highest BCUT2D eigenvalue weighted by atomic mass is 16.4. The number of rotatable bonds is 6. The highest BCUT2D eigenvalue weighted by Gasteiger charge is 2.29. The van der Waals surface area contributed by atoms with E-state index in [2.05, 4.69) is 25.8 Å². The van der Waals surface area contributed by atoms with Crippen molar-refractivity contribution in [3.8, 4) is 5.69 Å². The van der Waals surface area contributed by atoms with Gasteiger partial charge in [-0.3, -0.25) is 0 Å². The summed E-state index contributed by atoms with van der Waals surface area (Å²) in [6.45, 7) is 2.57. The van der Waals surface area contributed by atoms with Crippen LogP contribution in [-0.4, -0.2) is 25.2 Å². The molecule has 0 spiro atoms. The average molecular weight is 310 g/mol. The number of nitrogens with one attached hydrogen (secondary N) is 1. The highest BCUT2D eigenvalue weighted by molar-refractivity contribution is 5.30. The standard InChI is InChI=1S/C16H18N6O/c1-11(17-9-15-19-20-16(23-15)12-7-8-12)14-10-22(21-18-14)13-5-3-2-4-6-13/h2-6,10-12,17H,7-9H2,1H3. The van der Waals surface area contributed by atoms with Gasteiger partial charge in [-0.2, -0.15) is 0 Å². The fraction of sp³-hybridized carbons (Fsp3) is 0.375. The monoisotopic (exact) mass is 310 g/mol. The summed E-state index contributed by atoms with van der Waals surface area (Å²) in [5, 5.41) is 19.9. The molecule has 23 heavy (non-hydrogen) atoms. The molecule has 0 saturated heterocycles. The molecule has 1 aliphatic carbocycles. The first-order chi connectivity index (χ1) is 11.3. The summed E-state index contributed by atoms with van der Waals surface area (Å²) in [7, 11) is 0. The van der Waals surface area contributed by atoms with Gasteiger partial charge in [-0.25, -0.2) is 4.68 Å². The number of benzene rings is 1. The van der Waals surface area contributed by atoms with Gasteiger partial charge in [-0.05, 0) is 31.9 Å². The summed E-state index contributed by atoms with van der Waals surface area (Å²) in [6.07, 6.45) is 4.25. The van der Waals surface area contributed by atoms with Crippen LogP contribution >= 0.6 is 0 Å². The Labute approximate surface area is 133 Å². The highest BCUT2D eigenvalue weighted by Crippen LogP contribution is 2.38. The Hall–Kier alpha value is -2.54. The van der Waals surface area contributed by atoms with E-state index in [4.69, 9.17) is 4.42 Å². The predicted octanol–water partition coefficient (Wildman–Crippen LogP) is 2.38. The van der Waals surface area contributed by atoms with Gasteiger partial charge in [0.15, 0.2) is 0 Å². The van der Waals surface area contributed by atoms with Crippen molar-refractivity contribution in [2.24, 2.45) is 0 Å². The lowest BCUT2D eigenvalue weighted by atomic mass is 10.2.